The SMILES string of the molecule is O=C1CCOc2cc(Oc3ccc(C(F)(F)F)cc3Cl)ccc21. The fourth-order valence-corrected chi connectivity index (χ4v) is 2.41. The number of carbonyl (C=O) groups excluding carboxylic acids is 1. The molecular weight excluding hydrogens is 333 g/mol. The van der Waals surface area contributed by atoms with E-state index in [2.05, 4.69) is 0 Å². The molecule has 0 aliphatic carbocycles. The van der Waals surface area contributed by atoms with Crippen molar-refractivity contribution in [3.05, 3.63) is 52.5 Å². The van der Waals surface area contributed by atoms with Crippen molar-refractivity contribution in [1.29, 1.82) is 0 Å². The molecular formula is C16H10ClF3O3. The lowest BCUT2D eigenvalue weighted by atomic mass is 10.1. The fourth-order valence-electron chi connectivity index (χ4n) is 2.19. The second-order valence-electron chi connectivity index (χ2n) is 4.92. The number of benzene rings is 2. The molecule has 0 aromatic heterocycles. The van der Waals surface area contributed by atoms with Gasteiger partial charge in [0.15, 0.2) is 5.78 Å². The van der Waals surface area contributed by atoms with E-state index < -0.39 is 11.7 Å². The maximum atomic E-state index is 12.6. The van der Waals surface area contributed by atoms with E-state index in [-0.39, 0.29) is 23.2 Å². The standard InChI is InChI=1S/C16H10ClF3O3/c17-12-7-9(16(18,19)20)1-4-14(12)23-10-2-3-11-13(21)5-6-22-15(11)8-10/h1-4,7-8H,5-6H2. The molecule has 0 unspecified atom stereocenters. The van der Waals surface area contributed by atoms with Gasteiger partial charge in [-0.1, -0.05) is 11.6 Å². The first-order valence-corrected chi connectivity index (χ1v) is 7.07. The number of rotatable bonds is 2. The van der Waals surface area contributed by atoms with Crippen molar-refractivity contribution in [3.8, 4) is 17.2 Å². The average Bonchev–Trinajstić information content (AvgIpc) is 2.48. The van der Waals surface area contributed by atoms with Crippen LogP contribution in [0.4, 0.5) is 13.2 Å². The van der Waals surface area contributed by atoms with E-state index in [0.717, 1.165) is 18.2 Å². The van der Waals surface area contributed by atoms with Crippen LogP contribution in [0.25, 0.3) is 0 Å². The van der Waals surface area contributed by atoms with Crippen molar-refractivity contribution in [2.75, 3.05) is 6.61 Å². The summed E-state index contributed by atoms with van der Waals surface area (Å²) in [6.45, 7) is 0.288. The van der Waals surface area contributed by atoms with E-state index in [1.807, 2.05) is 0 Å². The molecule has 120 valence electrons. The van der Waals surface area contributed by atoms with E-state index in [1.54, 1.807) is 12.1 Å². The maximum absolute atomic E-state index is 12.6. The first kappa shape index (κ1) is 15.7. The van der Waals surface area contributed by atoms with Crippen LogP contribution < -0.4 is 9.47 Å². The molecule has 1 aliphatic heterocycles. The molecule has 0 spiro atoms. The molecule has 0 bridgehead atoms. The highest BCUT2D eigenvalue weighted by Gasteiger charge is 2.31. The largest absolute Gasteiger partial charge is 0.492 e. The number of ether oxygens (including phenoxy) is 2. The van der Waals surface area contributed by atoms with Crippen molar-refractivity contribution in [1.82, 2.24) is 0 Å². The van der Waals surface area contributed by atoms with Gasteiger partial charge < -0.3 is 9.47 Å². The Hall–Kier alpha value is -2.21. The normalized spacial score (nSPS) is 14.2. The molecule has 1 heterocycles. The van der Waals surface area contributed by atoms with Crippen LogP contribution in [0.5, 0.6) is 17.2 Å². The Morgan fingerprint density at radius 2 is 1.91 bits per heavy atom. The van der Waals surface area contributed by atoms with Crippen LogP contribution in [0.2, 0.25) is 5.02 Å². The number of ketones is 1. The number of halogens is 4. The molecule has 0 N–H and O–H groups in total. The lowest BCUT2D eigenvalue weighted by Gasteiger charge is -2.17. The molecule has 1 aliphatic rings. The van der Waals surface area contributed by atoms with Crippen LogP contribution in [0.3, 0.4) is 0 Å². The third-order valence-corrected chi connectivity index (χ3v) is 3.62. The van der Waals surface area contributed by atoms with Gasteiger partial charge in [0.1, 0.15) is 17.2 Å². The Morgan fingerprint density at radius 3 is 2.61 bits per heavy atom. The van der Waals surface area contributed by atoms with Crippen LogP contribution in [0.1, 0.15) is 22.3 Å². The van der Waals surface area contributed by atoms with Gasteiger partial charge in [0.25, 0.3) is 0 Å². The molecule has 3 rings (SSSR count). The number of Topliss-reactive ketones (excluding diaryl/α,β-unsaturated/α-hetero) is 1. The van der Waals surface area contributed by atoms with Crippen molar-refractivity contribution < 1.29 is 27.4 Å². The zero-order valence-corrected chi connectivity index (χ0v) is 12.4. The Labute approximate surface area is 134 Å². The lowest BCUT2D eigenvalue weighted by molar-refractivity contribution is -0.137. The summed E-state index contributed by atoms with van der Waals surface area (Å²) < 4.78 is 48.7. The summed E-state index contributed by atoms with van der Waals surface area (Å²) in [6.07, 6.45) is -4.15. The molecule has 0 fully saturated rings. The zero-order chi connectivity index (χ0) is 16.6. The molecule has 0 atom stereocenters. The lowest BCUT2D eigenvalue weighted by Crippen LogP contribution is -2.15. The molecule has 2 aromatic rings. The zero-order valence-electron chi connectivity index (χ0n) is 11.6. The summed E-state index contributed by atoms with van der Waals surface area (Å²) in [5, 5.41) is -0.158. The minimum atomic E-state index is -4.47. The number of hydrogen-bond acceptors (Lipinski definition) is 3. The van der Waals surface area contributed by atoms with Gasteiger partial charge in [0, 0.05) is 12.5 Å². The van der Waals surface area contributed by atoms with Crippen molar-refractivity contribution in [2.45, 2.75) is 12.6 Å². The Bertz CT molecular complexity index is 772. The molecule has 0 saturated carbocycles. The summed E-state index contributed by atoms with van der Waals surface area (Å²) in [7, 11) is 0. The minimum Gasteiger partial charge on any atom is -0.492 e. The first-order chi connectivity index (χ1) is 10.8. The van der Waals surface area contributed by atoms with Gasteiger partial charge in [-0.15, -0.1) is 0 Å². The smallest absolute Gasteiger partial charge is 0.416 e. The Kier molecular flexibility index (Phi) is 3.93. The highest BCUT2D eigenvalue weighted by molar-refractivity contribution is 6.32. The van der Waals surface area contributed by atoms with Gasteiger partial charge in [0.05, 0.1) is 22.8 Å². The maximum Gasteiger partial charge on any atom is 0.416 e. The van der Waals surface area contributed by atoms with Gasteiger partial charge in [-0.3, -0.25) is 4.79 Å². The van der Waals surface area contributed by atoms with Gasteiger partial charge in [-0.05, 0) is 30.3 Å². The third kappa shape index (κ3) is 3.27. The summed E-state index contributed by atoms with van der Waals surface area (Å²) in [6, 6.07) is 7.45. The van der Waals surface area contributed by atoms with Gasteiger partial charge >= 0.3 is 6.18 Å². The van der Waals surface area contributed by atoms with Gasteiger partial charge in [0.2, 0.25) is 0 Å². The third-order valence-electron chi connectivity index (χ3n) is 3.33. The molecule has 2 aromatic carbocycles. The van der Waals surface area contributed by atoms with Gasteiger partial charge in [-0.2, -0.15) is 13.2 Å². The van der Waals surface area contributed by atoms with Crippen LogP contribution >= 0.6 is 11.6 Å². The summed E-state index contributed by atoms with van der Waals surface area (Å²) in [4.78, 5) is 11.7. The number of alkyl halides is 3. The molecule has 23 heavy (non-hydrogen) atoms. The van der Waals surface area contributed by atoms with E-state index in [9.17, 15) is 18.0 Å². The highest BCUT2D eigenvalue weighted by Crippen LogP contribution is 2.37. The van der Waals surface area contributed by atoms with E-state index >= 15 is 0 Å². The molecule has 3 nitrogen and oxygen atoms in total. The average molecular weight is 343 g/mol. The fraction of sp³-hybridized carbons (Fsp3) is 0.188. The van der Waals surface area contributed by atoms with E-state index in [4.69, 9.17) is 21.1 Å². The molecule has 0 amide bonds. The summed E-state index contributed by atoms with van der Waals surface area (Å²) >= 11 is 5.84. The number of hydrogen-bond donors (Lipinski definition) is 0. The molecule has 7 heteroatoms. The molecule has 0 saturated heterocycles. The first-order valence-electron chi connectivity index (χ1n) is 6.69. The quantitative estimate of drug-likeness (QED) is 0.760. The second-order valence-corrected chi connectivity index (χ2v) is 5.33. The van der Waals surface area contributed by atoms with Gasteiger partial charge in [-0.25, -0.2) is 0 Å². The topological polar surface area (TPSA) is 35.5 Å². The van der Waals surface area contributed by atoms with Crippen LogP contribution in [-0.4, -0.2) is 12.4 Å². The van der Waals surface area contributed by atoms with Crippen molar-refractivity contribution in [2.24, 2.45) is 0 Å². The highest BCUT2D eigenvalue weighted by atomic mass is 35.5. The number of fused-ring (bicyclic) bond motifs is 1. The molecule has 0 radical (unpaired) electrons. The van der Waals surface area contributed by atoms with E-state index in [1.165, 1.54) is 6.07 Å². The Balaban J connectivity index is 1.86. The summed E-state index contributed by atoms with van der Waals surface area (Å²) in [5.41, 5.74) is -0.392. The second kappa shape index (κ2) is 5.77. The van der Waals surface area contributed by atoms with Crippen molar-refractivity contribution >= 4 is 17.4 Å². The summed E-state index contributed by atoms with van der Waals surface area (Å²) in [5.74, 6) is 0.772. The predicted octanol–water partition coefficient (Wildman–Crippen LogP) is 5.12. The van der Waals surface area contributed by atoms with E-state index in [0.29, 0.717) is 23.5 Å². The van der Waals surface area contributed by atoms with Crippen LogP contribution in [0.15, 0.2) is 36.4 Å². The van der Waals surface area contributed by atoms with Crippen LogP contribution in [-0.2, 0) is 6.18 Å². The predicted molar refractivity (Wildman–Crippen MR) is 77.4 cm³/mol. The van der Waals surface area contributed by atoms with Crippen LogP contribution in [0, 0.1) is 0 Å². The Morgan fingerprint density at radius 1 is 1.13 bits per heavy atom. The van der Waals surface area contributed by atoms with Crippen molar-refractivity contribution in [3.63, 3.8) is 0 Å². The number of carbonyl (C=O) groups is 1. The minimum absolute atomic E-state index is 0.0228. The monoisotopic (exact) mass is 342 g/mol.